The van der Waals surface area contributed by atoms with Crippen LogP contribution in [0.3, 0.4) is 0 Å². The Balaban J connectivity index is 2.15. The minimum atomic E-state index is 0.0316. The van der Waals surface area contributed by atoms with E-state index in [-0.39, 0.29) is 5.54 Å². The maximum Gasteiger partial charge on any atom is 0.0223 e. The highest BCUT2D eigenvalue weighted by Gasteiger charge is 2.37. The highest BCUT2D eigenvalue weighted by molar-refractivity contribution is 5.24. The molecule has 18 heavy (non-hydrogen) atoms. The quantitative estimate of drug-likeness (QED) is 0.831. The molecule has 0 radical (unpaired) electrons. The Hall–Kier alpha value is -0.820. The lowest BCUT2D eigenvalue weighted by Crippen LogP contribution is -2.48. The second-order valence-electron chi connectivity index (χ2n) is 6.37. The van der Waals surface area contributed by atoms with Crippen LogP contribution in [0.4, 0.5) is 0 Å². The molecule has 1 aromatic rings. The molecule has 2 rings (SSSR count). The van der Waals surface area contributed by atoms with Crippen molar-refractivity contribution in [1.29, 1.82) is 0 Å². The first-order chi connectivity index (χ1) is 8.62. The molecule has 1 aliphatic carbocycles. The van der Waals surface area contributed by atoms with Crippen molar-refractivity contribution in [2.75, 3.05) is 0 Å². The van der Waals surface area contributed by atoms with Gasteiger partial charge < -0.3 is 5.73 Å². The molecule has 0 spiro atoms. The van der Waals surface area contributed by atoms with Crippen LogP contribution in [-0.4, -0.2) is 5.54 Å². The molecule has 1 fully saturated rings. The third kappa shape index (κ3) is 3.14. The van der Waals surface area contributed by atoms with Gasteiger partial charge in [0.15, 0.2) is 0 Å². The summed E-state index contributed by atoms with van der Waals surface area (Å²) in [5, 5.41) is 0. The number of nitrogens with two attached hydrogens (primary N) is 1. The fraction of sp³-hybridized carbons (Fsp3) is 0.647. The first-order valence-electron chi connectivity index (χ1n) is 7.46. The first-order valence-corrected chi connectivity index (χ1v) is 7.46. The lowest BCUT2D eigenvalue weighted by molar-refractivity contribution is 0.222. The van der Waals surface area contributed by atoms with Gasteiger partial charge >= 0.3 is 0 Å². The van der Waals surface area contributed by atoms with Crippen LogP contribution in [0.5, 0.6) is 0 Å². The van der Waals surface area contributed by atoms with Gasteiger partial charge in [0.05, 0.1) is 0 Å². The van der Waals surface area contributed by atoms with Crippen LogP contribution < -0.4 is 5.73 Å². The number of hydrogen-bond donors (Lipinski definition) is 1. The zero-order chi connectivity index (χ0) is 13.0. The molecule has 1 saturated carbocycles. The van der Waals surface area contributed by atoms with Gasteiger partial charge in [-0.25, -0.2) is 0 Å². The summed E-state index contributed by atoms with van der Waals surface area (Å²) in [6, 6.07) is 10.9. The van der Waals surface area contributed by atoms with Gasteiger partial charge in [0.2, 0.25) is 0 Å². The van der Waals surface area contributed by atoms with Crippen LogP contribution in [0.15, 0.2) is 30.3 Å². The minimum Gasteiger partial charge on any atom is -0.325 e. The summed E-state index contributed by atoms with van der Waals surface area (Å²) in [6.07, 6.45) is 7.51. The third-order valence-corrected chi connectivity index (χ3v) is 4.47. The monoisotopic (exact) mass is 245 g/mol. The van der Waals surface area contributed by atoms with Crippen LogP contribution in [0.2, 0.25) is 0 Å². The molecule has 1 aliphatic rings. The van der Waals surface area contributed by atoms with E-state index in [1.54, 1.807) is 0 Å². The summed E-state index contributed by atoms with van der Waals surface area (Å²) in [5.74, 6) is 1.31. The van der Waals surface area contributed by atoms with Gasteiger partial charge in [-0.1, -0.05) is 57.0 Å². The van der Waals surface area contributed by atoms with Gasteiger partial charge in [-0.2, -0.15) is 0 Å². The van der Waals surface area contributed by atoms with Crippen LogP contribution in [0.1, 0.15) is 63.9 Å². The summed E-state index contributed by atoms with van der Waals surface area (Å²) in [4.78, 5) is 0. The van der Waals surface area contributed by atoms with Crippen molar-refractivity contribution in [1.82, 2.24) is 0 Å². The van der Waals surface area contributed by atoms with E-state index in [1.165, 1.54) is 44.1 Å². The zero-order valence-corrected chi connectivity index (χ0v) is 11.9. The highest BCUT2D eigenvalue weighted by atomic mass is 14.8. The molecule has 1 aromatic carbocycles. The topological polar surface area (TPSA) is 26.0 Å². The molecule has 100 valence electrons. The Morgan fingerprint density at radius 1 is 1.22 bits per heavy atom. The van der Waals surface area contributed by atoms with Crippen molar-refractivity contribution in [3.8, 4) is 0 Å². The molecule has 2 atom stereocenters. The minimum absolute atomic E-state index is 0.0316. The summed E-state index contributed by atoms with van der Waals surface area (Å²) < 4.78 is 0. The standard InChI is InChI=1S/C17H27N/c1-14(2)11-13-17(18)12-7-6-10-16(17)15-8-4-3-5-9-15/h3-5,8-9,14,16H,6-7,10-13,18H2,1-2H3. The van der Waals surface area contributed by atoms with Crippen molar-refractivity contribution in [3.63, 3.8) is 0 Å². The van der Waals surface area contributed by atoms with Crippen molar-refractivity contribution >= 4 is 0 Å². The Kier molecular flexibility index (Phi) is 4.45. The predicted molar refractivity (Wildman–Crippen MR) is 78.6 cm³/mol. The Labute approximate surface area is 112 Å². The third-order valence-electron chi connectivity index (χ3n) is 4.47. The lowest BCUT2D eigenvalue weighted by atomic mass is 9.67. The summed E-state index contributed by atoms with van der Waals surface area (Å²) in [7, 11) is 0. The first kappa shape index (κ1) is 13.6. The van der Waals surface area contributed by atoms with E-state index in [2.05, 4.69) is 44.2 Å². The fourth-order valence-electron chi connectivity index (χ4n) is 3.30. The summed E-state index contributed by atoms with van der Waals surface area (Å²) in [6.45, 7) is 4.59. The van der Waals surface area contributed by atoms with E-state index >= 15 is 0 Å². The molecule has 0 amide bonds. The molecule has 0 aromatic heterocycles. The normalized spacial score (nSPS) is 28.6. The molecule has 1 heteroatoms. The molecule has 0 aliphatic heterocycles. The van der Waals surface area contributed by atoms with Crippen LogP contribution in [-0.2, 0) is 0 Å². The second kappa shape index (κ2) is 5.88. The highest BCUT2D eigenvalue weighted by Crippen LogP contribution is 2.42. The van der Waals surface area contributed by atoms with E-state index in [4.69, 9.17) is 5.73 Å². The van der Waals surface area contributed by atoms with Gasteiger partial charge in [-0.15, -0.1) is 0 Å². The number of rotatable bonds is 4. The largest absolute Gasteiger partial charge is 0.325 e. The fourth-order valence-corrected chi connectivity index (χ4v) is 3.30. The maximum atomic E-state index is 6.78. The molecule has 0 saturated heterocycles. The van der Waals surface area contributed by atoms with Gasteiger partial charge in [-0.05, 0) is 37.2 Å². The maximum absolute atomic E-state index is 6.78. The SMILES string of the molecule is CC(C)CCC1(N)CCCCC1c1ccccc1. The van der Waals surface area contributed by atoms with E-state index in [0.717, 1.165) is 5.92 Å². The van der Waals surface area contributed by atoms with Crippen LogP contribution in [0, 0.1) is 5.92 Å². The summed E-state index contributed by atoms with van der Waals surface area (Å²) in [5.41, 5.74) is 8.26. The Morgan fingerprint density at radius 3 is 2.61 bits per heavy atom. The molecule has 2 unspecified atom stereocenters. The van der Waals surface area contributed by atoms with Crippen molar-refractivity contribution in [3.05, 3.63) is 35.9 Å². The van der Waals surface area contributed by atoms with Crippen molar-refractivity contribution in [2.24, 2.45) is 11.7 Å². The van der Waals surface area contributed by atoms with E-state index in [0.29, 0.717) is 5.92 Å². The average Bonchev–Trinajstić information content (AvgIpc) is 2.38. The smallest absolute Gasteiger partial charge is 0.0223 e. The van der Waals surface area contributed by atoms with Crippen molar-refractivity contribution < 1.29 is 0 Å². The van der Waals surface area contributed by atoms with Gasteiger partial charge in [-0.3, -0.25) is 0 Å². The van der Waals surface area contributed by atoms with Crippen LogP contribution in [0.25, 0.3) is 0 Å². The lowest BCUT2D eigenvalue weighted by Gasteiger charge is -2.42. The van der Waals surface area contributed by atoms with Gasteiger partial charge in [0.1, 0.15) is 0 Å². The van der Waals surface area contributed by atoms with E-state index in [9.17, 15) is 0 Å². The molecule has 0 bridgehead atoms. The van der Waals surface area contributed by atoms with E-state index < -0.39 is 0 Å². The molecular formula is C17H27N. The Morgan fingerprint density at radius 2 is 1.94 bits per heavy atom. The summed E-state index contributed by atoms with van der Waals surface area (Å²) >= 11 is 0. The van der Waals surface area contributed by atoms with E-state index in [1.807, 2.05) is 0 Å². The van der Waals surface area contributed by atoms with Gasteiger partial charge in [0.25, 0.3) is 0 Å². The van der Waals surface area contributed by atoms with Gasteiger partial charge in [0, 0.05) is 11.5 Å². The van der Waals surface area contributed by atoms with Crippen LogP contribution >= 0.6 is 0 Å². The number of benzene rings is 1. The molecule has 2 N–H and O–H groups in total. The zero-order valence-electron chi connectivity index (χ0n) is 11.9. The second-order valence-corrected chi connectivity index (χ2v) is 6.37. The van der Waals surface area contributed by atoms with Crippen molar-refractivity contribution in [2.45, 2.75) is 63.8 Å². The predicted octanol–water partition coefficient (Wildman–Crippen LogP) is 4.48. The molecule has 0 heterocycles. The Bertz CT molecular complexity index is 357. The number of hydrogen-bond acceptors (Lipinski definition) is 1. The molecular weight excluding hydrogens is 218 g/mol. The average molecular weight is 245 g/mol. The molecule has 1 nitrogen and oxygen atoms in total.